The van der Waals surface area contributed by atoms with Gasteiger partial charge in [0.25, 0.3) is 0 Å². The molecule has 1 amide bonds. The zero-order valence-electron chi connectivity index (χ0n) is 15.5. The van der Waals surface area contributed by atoms with Gasteiger partial charge in [-0.05, 0) is 49.5 Å². The summed E-state index contributed by atoms with van der Waals surface area (Å²) < 4.78 is 13.6. The van der Waals surface area contributed by atoms with E-state index in [4.69, 9.17) is 9.47 Å². The second kappa shape index (κ2) is 6.74. The molecule has 26 heavy (non-hydrogen) atoms. The van der Waals surface area contributed by atoms with Crippen LogP contribution in [0.15, 0.2) is 23.1 Å². The number of pyridine rings is 1. The topological polar surface area (TPSA) is 76.3 Å². The first-order valence-corrected chi connectivity index (χ1v) is 9.34. The fourth-order valence-corrected chi connectivity index (χ4v) is 3.54. The average Bonchev–Trinajstić information content (AvgIpc) is 2.93. The van der Waals surface area contributed by atoms with Crippen LogP contribution in [0.3, 0.4) is 0 Å². The molecule has 7 nitrogen and oxygen atoms in total. The Hall–Kier alpha value is -1.80. The third-order valence-corrected chi connectivity index (χ3v) is 5.11. The number of carbonyl (C=O) groups is 1. The van der Waals surface area contributed by atoms with E-state index in [1.165, 1.54) is 0 Å². The largest absolute Gasteiger partial charge is 0.496 e. The predicted octanol–water partition coefficient (Wildman–Crippen LogP) is 3.32. The van der Waals surface area contributed by atoms with Crippen molar-refractivity contribution in [2.24, 2.45) is 0 Å². The highest BCUT2D eigenvalue weighted by Crippen LogP contribution is 2.39. The Labute approximate surface area is 161 Å². The molecule has 0 aromatic carbocycles. The lowest BCUT2D eigenvalue weighted by Gasteiger charge is -2.39. The number of aromatic nitrogens is 2. The number of likely N-dealkylation sites (tertiary alicyclic amines) is 1. The standard InChI is InChI=1S/C18H24BrN3O4/c1-17(2,3)26-16(23)21-7-5-18(24,6-8-21)12-11-22-14(19)10-20-15(22)9-13(12)25-4/h9-11,24H,5-8H2,1-4H3. The van der Waals surface area contributed by atoms with Crippen molar-refractivity contribution < 1.29 is 19.4 Å². The van der Waals surface area contributed by atoms with Gasteiger partial charge in [0.05, 0.1) is 18.9 Å². The Kier molecular flexibility index (Phi) is 4.92. The van der Waals surface area contributed by atoms with Crippen molar-refractivity contribution in [1.29, 1.82) is 0 Å². The first kappa shape index (κ1) is 19.0. The highest BCUT2D eigenvalue weighted by molar-refractivity contribution is 9.10. The summed E-state index contributed by atoms with van der Waals surface area (Å²) >= 11 is 3.45. The number of fused-ring (bicyclic) bond motifs is 1. The average molecular weight is 426 g/mol. The monoisotopic (exact) mass is 425 g/mol. The molecule has 0 bridgehead atoms. The normalized spacial score (nSPS) is 17.4. The number of imidazole rings is 1. The number of rotatable bonds is 2. The van der Waals surface area contributed by atoms with Crippen LogP contribution < -0.4 is 4.74 Å². The molecule has 3 heterocycles. The Morgan fingerprint density at radius 1 is 1.35 bits per heavy atom. The number of nitrogens with zero attached hydrogens (tertiary/aromatic N) is 3. The van der Waals surface area contributed by atoms with Crippen LogP contribution in [0.25, 0.3) is 5.65 Å². The first-order chi connectivity index (χ1) is 12.1. The molecular formula is C18H24BrN3O4. The fraction of sp³-hybridized carbons (Fsp3) is 0.556. The molecule has 3 rings (SSSR count). The first-order valence-electron chi connectivity index (χ1n) is 8.54. The van der Waals surface area contributed by atoms with Gasteiger partial charge in [-0.2, -0.15) is 0 Å². The molecule has 1 saturated heterocycles. The van der Waals surface area contributed by atoms with E-state index in [0.29, 0.717) is 37.2 Å². The van der Waals surface area contributed by atoms with Gasteiger partial charge in [-0.15, -0.1) is 0 Å². The lowest BCUT2D eigenvalue weighted by Crippen LogP contribution is -2.47. The summed E-state index contributed by atoms with van der Waals surface area (Å²) in [6.07, 6.45) is 4.00. The maximum atomic E-state index is 12.2. The van der Waals surface area contributed by atoms with E-state index in [0.717, 1.165) is 10.3 Å². The Morgan fingerprint density at radius 2 is 2.00 bits per heavy atom. The molecule has 1 aliphatic rings. The van der Waals surface area contributed by atoms with Gasteiger partial charge in [-0.3, -0.25) is 4.40 Å². The summed E-state index contributed by atoms with van der Waals surface area (Å²) in [5.41, 5.74) is -0.198. The van der Waals surface area contributed by atoms with Crippen molar-refractivity contribution in [3.8, 4) is 5.75 Å². The summed E-state index contributed by atoms with van der Waals surface area (Å²) in [5, 5.41) is 11.3. The lowest BCUT2D eigenvalue weighted by atomic mass is 9.85. The van der Waals surface area contributed by atoms with Gasteiger partial charge in [0.1, 0.15) is 21.6 Å². The van der Waals surface area contributed by atoms with Crippen LogP contribution in [0.4, 0.5) is 4.79 Å². The number of methoxy groups -OCH3 is 1. The predicted molar refractivity (Wildman–Crippen MR) is 100 cm³/mol. The molecule has 0 saturated carbocycles. The molecular weight excluding hydrogens is 402 g/mol. The minimum Gasteiger partial charge on any atom is -0.496 e. The van der Waals surface area contributed by atoms with E-state index < -0.39 is 11.2 Å². The Balaban J connectivity index is 1.83. The maximum Gasteiger partial charge on any atom is 0.410 e. The number of ether oxygens (including phenoxy) is 2. The van der Waals surface area contributed by atoms with Gasteiger partial charge < -0.3 is 19.5 Å². The van der Waals surface area contributed by atoms with Gasteiger partial charge in [0.15, 0.2) is 0 Å². The van der Waals surface area contributed by atoms with Gasteiger partial charge in [0, 0.05) is 30.9 Å². The van der Waals surface area contributed by atoms with Crippen LogP contribution in [0.5, 0.6) is 5.75 Å². The van der Waals surface area contributed by atoms with Crippen LogP contribution in [0, 0.1) is 0 Å². The zero-order chi connectivity index (χ0) is 19.1. The third kappa shape index (κ3) is 3.66. The lowest BCUT2D eigenvalue weighted by molar-refractivity contribution is -0.0369. The molecule has 2 aromatic heterocycles. The van der Waals surface area contributed by atoms with Gasteiger partial charge in [-0.25, -0.2) is 9.78 Å². The molecule has 0 aliphatic carbocycles. The quantitative estimate of drug-likeness (QED) is 0.798. The molecule has 2 aromatic rings. The van der Waals surface area contributed by atoms with E-state index in [1.807, 2.05) is 31.4 Å². The molecule has 0 atom stereocenters. The molecule has 0 radical (unpaired) electrons. The molecule has 0 unspecified atom stereocenters. The second-order valence-electron chi connectivity index (χ2n) is 7.56. The van der Waals surface area contributed by atoms with Crippen molar-refractivity contribution in [2.75, 3.05) is 20.2 Å². The van der Waals surface area contributed by atoms with Crippen molar-refractivity contribution in [1.82, 2.24) is 14.3 Å². The Morgan fingerprint density at radius 3 is 2.58 bits per heavy atom. The van der Waals surface area contributed by atoms with E-state index in [9.17, 15) is 9.90 Å². The highest BCUT2D eigenvalue weighted by Gasteiger charge is 2.39. The van der Waals surface area contributed by atoms with E-state index in [-0.39, 0.29) is 6.09 Å². The molecule has 1 aliphatic heterocycles. The summed E-state index contributed by atoms with van der Waals surface area (Å²) in [4.78, 5) is 18.2. The van der Waals surface area contributed by atoms with E-state index in [2.05, 4.69) is 20.9 Å². The number of carbonyl (C=O) groups excluding carboxylic acids is 1. The van der Waals surface area contributed by atoms with Crippen LogP contribution in [-0.4, -0.2) is 51.3 Å². The molecule has 1 N–H and O–H groups in total. The number of amides is 1. The minimum atomic E-state index is -1.08. The molecule has 8 heteroatoms. The third-order valence-electron chi connectivity index (χ3n) is 4.53. The zero-order valence-corrected chi connectivity index (χ0v) is 17.0. The molecule has 0 spiro atoms. The van der Waals surface area contributed by atoms with Crippen molar-refractivity contribution >= 4 is 27.7 Å². The minimum absolute atomic E-state index is 0.348. The van der Waals surface area contributed by atoms with E-state index in [1.54, 1.807) is 24.3 Å². The second-order valence-corrected chi connectivity index (χ2v) is 8.38. The van der Waals surface area contributed by atoms with Gasteiger partial charge in [-0.1, -0.05) is 0 Å². The molecule has 1 fully saturated rings. The number of hydrogen-bond acceptors (Lipinski definition) is 5. The SMILES string of the molecule is COc1cc2ncc(Br)n2cc1C1(O)CCN(C(=O)OC(C)(C)C)CC1. The van der Waals surface area contributed by atoms with Crippen molar-refractivity contribution in [2.45, 2.75) is 44.8 Å². The number of piperidine rings is 1. The van der Waals surface area contributed by atoms with Gasteiger partial charge in [0.2, 0.25) is 0 Å². The Bertz CT molecular complexity index is 820. The summed E-state index contributed by atoms with van der Waals surface area (Å²) in [7, 11) is 1.58. The summed E-state index contributed by atoms with van der Waals surface area (Å²) in [5.74, 6) is 0.587. The van der Waals surface area contributed by atoms with Crippen LogP contribution in [0.1, 0.15) is 39.2 Å². The summed E-state index contributed by atoms with van der Waals surface area (Å²) in [6.45, 7) is 6.35. The smallest absolute Gasteiger partial charge is 0.410 e. The molecule has 142 valence electrons. The van der Waals surface area contributed by atoms with Crippen LogP contribution in [0.2, 0.25) is 0 Å². The maximum absolute atomic E-state index is 12.2. The van der Waals surface area contributed by atoms with Crippen LogP contribution in [-0.2, 0) is 10.3 Å². The van der Waals surface area contributed by atoms with E-state index >= 15 is 0 Å². The van der Waals surface area contributed by atoms with Crippen molar-refractivity contribution in [3.05, 3.63) is 28.6 Å². The number of hydrogen-bond donors (Lipinski definition) is 1. The van der Waals surface area contributed by atoms with Gasteiger partial charge >= 0.3 is 6.09 Å². The fourth-order valence-electron chi connectivity index (χ4n) is 3.15. The summed E-state index contributed by atoms with van der Waals surface area (Å²) in [6, 6.07) is 1.80. The number of aliphatic hydroxyl groups is 1. The highest BCUT2D eigenvalue weighted by atomic mass is 79.9. The van der Waals surface area contributed by atoms with Crippen LogP contribution >= 0.6 is 15.9 Å². The van der Waals surface area contributed by atoms with Crippen molar-refractivity contribution in [3.63, 3.8) is 0 Å². The number of halogens is 1.